The molecule has 1 fully saturated rings. The number of allylic oxidation sites excluding steroid dienone is 3. The lowest BCUT2D eigenvalue weighted by atomic mass is 9.85. The maximum Gasteiger partial charge on any atom is 0.432 e. The Morgan fingerprint density at radius 3 is 2.62 bits per heavy atom. The summed E-state index contributed by atoms with van der Waals surface area (Å²) >= 11 is 2.72. The van der Waals surface area contributed by atoms with Gasteiger partial charge >= 0.3 is 6.18 Å². The van der Waals surface area contributed by atoms with Crippen LogP contribution in [-0.4, -0.2) is 47.5 Å². The van der Waals surface area contributed by atoms with Gasteiger partial charge in [0.25, 0.3) is 11.8 Å². The van der Waals surface area contributed by atoms with Crippen LogP contribution < -0.4 is 5.32 Å². The lowest BCUT2D eigenvalue weighted by Gasteiger charge is -2.39. The van der Waals surface area contributed by atoms with Crippen molar-refractivity contribution in [2.24, 2.45) is 5.92 Å². The number of halogens is 5. The number of benzene rings is 1. The Morgan fingerprint density at radius 2 is 2.03 bits per heavy atom. The van der Waals surface area contributed by atoms with Gasteiger partial charge < -0.3 is 10.2 Å². The van der Waals surface area contributed by atoms with Gasteiger partial charge in [-0.25, -0.2) is 4.39 Å². The van der Waals surface area contributed by atoms with Crippen LogP contribution in [0.2, 0.25) is 0 Å². The summed E-state index contributed by atoms with van der Waals surface area (Å²) < 4.78 is 54.4. The van der Waals surface area contributed by atoms with Crippen LogP contribution in [0.1, 0.15) is 35.2 Å². The van der Waals surface area contributed by atoms with Gasteiger partial charge in [-0.15, -0.1) is 0 Å². The standard InChI is InChI=1S/C22H20BrF4N3O2/c1-29(11-12-4-2-5-12)20(31)15-8-7-13(10-16(15)24)14-6-3-9-30-19(14)28-18(22(25,26)27)17(23)21(30)32/h3,6-10,12,19,28H,2,4-5,11H2,1H3. The van der Waals surface area contributed by atoms with Crippen LogP contribution in [0.3, 0.4) is 0 Å². The molecular weight excluding hydrogens is 494 g/mol. The van der Waals surface area contributed by atoms with Gasteiger partial charge in [0, 0.05) is 25.4 Å². The number of hydrogen-bond acceptors (Lipinski definition) is 3. The molecule has 1 atom stereocenters. The molecule has 2 amide bonds. The topological polar surface area (TPSA) is 52.7 Å². The normalized spacial score (nSPS) is 21.1. The van der Waals surface area contributed by atoms with E-state index in [0.717, 1.165) is 30.2 Å². The first kappa shape index (κ1) is 22.6. The van der Waals surface area contributed by atoms with Gasteiger partial charge in [-0.3, -0.25) is 14.5 Å². The Hall–Kier alpha value is -2.62. The summed E-state index contributed by atoms with van der Waals surface area (Å²) in [5, 5.41) is 2.33. The molecule has 0 saturated heterocycles. The number of rotatable bonds is 4. The zero-order chi connectivity index (χ0) is 23.2. The van der Waals surface area contributed by atoms with Crippen LogP contribution in [0.5, 0.6) is 0 Å². The van der Waals surface area contributed by atoms with E-state index in [0.29, 0.717) is 12.5 Å². The van der Waals surface area contributed by atoms with Gasteiger partial charge in [-0.2, -0.15) is 13.2 Å². The number of fused-ring (bicyclic) bond motifs is 1. The lowest BCUT2D eigenvalue weighted by Crippen LogP contribution is -2.53. The van der Waals surface area contributed by atoms with Crippen LogP contribution in [0.4, 0.5) is 17.6 Å². The molecule has 1 N–H and O–H groups in total. The van der Waals surface area contributed by atoms with Crippen LogP contribution in [0, 0.1) is 11.7 Å². The maximum atomic E-state index is 14.9. The average Bonchev–Trinajstić information content (AvgIpc) is 2.71. The second kappa shape index (κ2) is 8.38. The summed E-state index contributed by atoms with van der Waals surface area (Å²) in [4.78, 5) is 27.7. The molecular formula is C22H20BrF4N3O2. The molecule has 1 aliphatic carbocycles. The Morgan fingerprint density at radius 1 is 1.31 bits per heavy atom. The Bertz CT molecular complexity index is 1060. The number of carbonyl (C=O) groups is 2. The molecule has 10 heteroatoms. The highest BCUT2D eigenvalue weighted by Crippen LogP contribution is 2.38. The molecule has 0 spiro atoms. The van der Waals surface area contributed by atoms with Crippen LogP contribution in [0.25, 0.3) is 5.57 Å². The molecule has 32 heavy (non-hydrogen) atoms. The van der Waals surface area contributed by atoms with Crippen molar-refractivity contribution in [2.75, 3.05) is 13.6 Å². The first-order chi connectivity index (χ1) is 15.1. The molecule has 1 saturated carbocycles. The van der Waals surface area contributed by atoms with Crippen molar-refractivity contribution >= 4 is 33.3 Å². The fourth-order valence-electron chi connectivity index (χ4n) is 4.00. The Labute approximate surface area is 190 Å². The van der Waals surface area contributed by atoms with Crippen molar-refractivity contribution in [2.45, 2.75) is 31.6 Å². The predicted molar refractivity (Wildman–Crippen MR) is 114 cm³/mol. The SMILES string of the molecule is CN(CC1CCC1)C(=O)c1ccc(C2=CC=CN3C(=O)C(Br)=C(C(F)(F)F)NC23)cc1F. The van der Waals surface area contributed by atoms with Gasteiger partial charge in [0.2, 0.25) is 0 Å². The largest absolute Gasteiger partial charge is 0.432 e. The molecule has 4 rings (SSSR count). The minimum Gasteiger partial charge on any atom is -0.356 e. The van der Waals surface area contributed by atoms with Crippen molar-refractivity contribution in [3.8, 4) is 0 Å². The van der Waals surface area contributed by atoms with Gasteiger partial charge in [-0.1, -0.05) is 18.6 Å². The molecule has 0 bridgehead atoms. The zero-order valence-electron chi connectivity index (χ0n) is 17.0. The molecule has 1 unspecified atom stereocenters. The average molecular weight is 514 g/mol. The third-order valence-corrected chi connectivity index (χ3v) is 6.67. The summed E-state index contributed by atoms with van der Waals surface area (Å²) in [6, 6.07) is 3.92. The van der Waals surface area contributed by atoms with Crippen LogP contribution >= 0.6 is 15.9 Å². The fourth-order valence-corrected chi connectivity index (χ4v) is 4.54. The highest BCUT2D eigenvalue weighted by Gasteiger charge is 2.45. The summed E-state index contributed by atoms with van der Waals surface area (Å²) in [5.74, 6) is -1.66. The molecule has 170 valence electrons. The number of amides is 2. The molecule has 0 aromatic heterocycles. The van der Waals surface area contributed by atoms with Crippen molar-refractivity contribution in [3.05, 3.63) is 63.7 Å². The van der Waals surface area contributed by atoms with E-state index < -0.39 is 40.2 Å². The van der Waals surface area contributed by atoms with E-state index in [1.54, 1.807) is 7.05 Å². The second-order valence-corrected chi connectivity index (χ2v) is 8.88. The number of alkyl halides is 3. The minimum atomic E-state index is -4.78. The fraction of sp³-hybridized carbons (Fsp3) is 0.364. The van der Waals surface area contributed by atoms with Gasteiger partial charge in [0.1, 0.15) is 22.2 Å². The zero-order valence-corrected chi connectivity index (χ0v) is 18.6. The van der Waals surface area contributed by atoms with E-state index in [1.807, 2.05) is 0 Å². The lowest BCUT2D eigenvalue weighted by molar-refractivity contribution is -0.130. The highest BCUT2D eigenvalue weighted by atomic mass is 79.9. The summed E-state index contributed by atoms with van der Waals surface area (Å²) in [6.45, 7) is 0.556. The molecule has 1 aromatic carbocycles. The minimum absolute atomic E-state index is 0.106. The predicted octanol–water partition coefficient (Wildman–Crippen LogP) is 4.54. The molecule has 3 aliphatic rings. The Balaban J connectivity index is 1.60. The van der Waals surface area contributed by atoms with E-state index >= 15 is 0 Å². The Kier molecular flexibility index (Phi) is 5.91. The van der Waals surface area contributed by atoms with Gasteiger partial charge in [0.15, 0.2) is 0 Å². The third-order valence-electron chi connectivity index (χ3n) is 5.94. The first-order valence-corrected chi connectivity index (χ1v) is 10.9. The third kappa shape index (κ3) is 4.07. The van der Waals surface area contributed by atoms with E-state index in [1.165, 1.54) is 35.4 Å². The first-order valence-electron chi connectivity index (χ1n) is 10.1. The molecule has 2 aliphatic heterocycles. The summed E-state index contributed by atoms with van der Waals surface area (Å²) in [6.07, 6.45) is 1.63. The van der Waals surface area contributed by atoms with Crippen molar-refractivity contribution in [1.82, 2.24) is 15.1 Å². The second-order valence-electron chi connectivity index (χ2n) is 8.09. The summed E-state index contributed by atoms with van der Waals surface area (Å²) in [5.41, 5.74) is -0.774. The van der Waals surface area contributed by atoms with E-state index in [2.05, 4.69) is 21.2 Å². The number of nitrogens with one attached hydrogen (secondary N) is 1. The molecule has 2 heterocycles. The monoisotopic (exact) mass is 513 g/mol. The number of nitrogens with zero attached hydrogens (tertiary/aromatic N) is 2. The number of carbonyl (C=O) groups excluding carboxylic acids is 2. The van der Waals surface area contributed by atoms with E-state index in [-0.39, 0.29) is 16.7 Å². The molecule has 5 nitrogen and oxygen atoms in total. The summed E-state index contributed by atoms with van der Waals surface area (Å²) in [7, 11) is 1.63. The van der Waals surface area contributed by atoms with Crippen LogP contribution in [-0.2, 0) is 4.79 Å². The quantitative estimate of drug-likeness (QED) is 0.601. The van der Waals surface area contributed by atoms with Crippen molar-refractivity contribution in [1.29, 1.82) is 0 Å². The number of hydrogen-bond donors (Lipinski definition) is 1. The van der Waals surface area contributed by atoms with Crippen molar-refractivity contribution < 1.29 is 27.2 Å². The smallest absolute Gasteiger partial charge is 0.356 e. The molecule has 1 aromatic rings. The molecule has 0 radical (unpaired) electrons. The van der Waals surface area contributed by atoms with E-state index in [9.17, 15) is 27.2 Å². The van der Waals surface area contributed by atoms with Crippen LogP contribution in [0.15, 0.2) is 46.7 Å². The highest BCUT2D eigenvalue weighted by molar-refractivity contribution is 9.12. The van der Waals surface area contributed by atoms with Crippen molar-refractivity contribution in [3.63, 3.8) is 0 Å². The van der Waals surface area contributed by atoms with Gasteiger partial charge in [-0.05, 0) is 58.5 Å². The van der Waals surface area contributed by atoms with Gasteiger partial charge in [0.05, 0.1) is 5.56 Å². The van der Waals surface area contributed by atoms with E-state index in [4.69, 9.17) is 0 Å². The maximum absolute atomic E-state index is 14.9.